The molecule has 0 spiro atoms. The fraction of sp³-hybridized carbons (Fsp3) is 0.500. The van der Waals surface area contributed by atoms with E-state index in [-0.39, 0.29) is 5.78 Å². The van der Waals surface area contributed by atoms with E-state index >= 15 is 0 Å². The molecule has 1 atom stereocenters. The Labute approximate surface area is 102 Å². The van der Waals surface area contributed by atoms with Gasteiger partial charge in [-0.3, -0.25) is 4.79 Å². The van der Waals surface area contributed by atoms with E-state index in [1.54, 1.807) is 0 Å². The summed E-state index contributed by atoms with van der Waals surface area (Å²) in [5.74, 6) is 1.55. The lowest BCUT2D eigenvalue weighted by Gasteiger charge is -2.25. The third kappa shape index (κ3) is 2.99. The zero-order valence-electron chi connectivity index (χ0n) is 10.1. The van der Waals surface area contributed by atoms with Crippen LogP contribution >= 0.6 is 0 Å². The maximum absolute atomic E-state index is 11.9. The van der Waals surface area contributed by atoms with Crippen LogP contribution in [0.25, 0.3) is 0 Å². The van der Waals surface area contributed by atoms with Crippen LogP contribution in [0.3, 0.4) is 0 Å². The van der Waals surface area contributed by atoms with Crippen molar-refractivity contribution < 1.29 is 14.3 Å². The number of unbranched alkanes of at least 4 members (excludes halogenated alkanes) is 2. The maximum atomic E-state index is 11.9. The molecular weight excluding hydrogens is 216 g/mol. The molecule has 0 saturated heterocycles. The van der Waals surface area contributed by atoms with E-state index in [0.29, 0.717) is 18.8 Å². The van der Waals surface area contributed by atoms with Crippen LogP contribution in [0.4, 0.5) is 0 Å². The Morgan fingerprint density at radius 2 is 2.06 bits per heavy atom. The lowest BCUT2D eigenvalue weighted by Crippen LogP contribution is -2.36. The number of benzene rings is 1. The number of hydrogen-bond donors (Lipinski definition) is 0. The fourth-order valence-corrected chi connectivity index (χ4v) is 1.89. The Morgan fingerprint density at radius 1 is 1.29 bits per heavy atom. The lowest BCUT2D eigenvalue weighted by atomic mass is 10.1. The predicted molar refractivity (Wildman–Crippen MR) is 65.5 cm³/mol. The zero-order valence-corrected chi connectivity index (χ0v) is 10.1. The molecule has 0 N–H and O–H groups in total. The topological polar surface area (TPSA) is 35.5 Å². The molecular formula is C14H18O3. The van der Waals surface area contributed by atoms with Crippen LogP contribution < -0.4 is 9.47 Å². The van der Waals surface area contributed by atoms with Gasteiger partial charge in [-0.05, 0) is 18.6 Å². The quantitative estimate of drug-likeness (QED) is 0.735. The highest BCUT2D eigenvalue weighted by atomic mass is 16.6. The standard InChI is InChI=1S/C14H18O3/c1-2-3-4-7-11(15)14-10-16-12-8-5-6-9-13(12)17-14/h5-6,8-9,14H,2-4,7,10H2,1H3. The summed E-state index contributed by atoms with van der Waals surface area (Å²) in [6, 6.07) is 7.46. The lowest BCUT2D eigenvalue weighted by molar-refractivity contribution is -0.128. The number of ketones is 1. The summed E-state index contributed by atoms with van der Waals surface area (Å²) < 4.78 is 11.2. The smallest absolute Gasteiger partial charge is 0.190 e. The van der Waals surface area contributed by atoms with Gasteiger partial charge in [0.05, 0.1) is 0 Å². The second-order valence-corrected chi connectivity index (χ2v) is 4.29. The molecule has 92 valence electrons. The SMILES string of the molecule is CCCCCC(=O)C1COc2ccccc2O1. The van der Waals surface area contributed by atoms with Crippen molar-refractivity contribution >= 4 is 5.78 Å². The molecule has 3 nitrogen and oxygen atoms in total. The average molecular weight is 234 g/mol. The van der Waals surface area contributed by atoms with Gasteiger partial charge in [0.15, 0.2) is 23.4 Å². The van der Waals surface area contributed by atoms with Crippen LogP contribution in [0.5, 0.6) is 11.5 Å². The van der Waals surface area contributed by atoms with E-state index < -0.39 is 6.10 Å². The van der Waals surface area contributed by atoms with Crippen molar-refractivity contribution in [3.05, 3.63) is 24.3 Å². The molecule has 1 heterocycles. The second-order valence-electron chi connectivity index (χ2n) is 4.29. The first-order chi connectivity index (χ1) is 8.31. The van der Waals surface area contributed by atoms with Gasteiger partial charge in [-0.25, -0.2) is 0 Å². The maximum Gasteiger partial charge on any atom is 0.190 e. The molecule has 3 heteroatoms. The number of para-hydroxylation sites is 2. The van der Waals surface area contributed by atoms with Gasteiger partial charge in [-0.1, -0.05) is 31.9 Å². The predicted octanol–water partition coefficient (Wildman–Crippen LogP) is 2.98. The Hall–Kier alpha value is -1.51. The highest BCUT2D eigenvalue weighted by Gasteiger charge is 2.26. The van der Waals surface area contributed by atoms with E-state index in [0.717, 1.165) is 25.0 Å². The van der Waals surface area contributed by atoms with Crippen molar-refractivity contribution in [2.45, 2.75) is 38.7 Å². The molecule has 0 saturated carbocycles. The van der Waals surface area contributed by atoms with Gasteiger partial charge in [-0.2, -0.15) is 0 Å². The Bertz CT molecular complexity index is 387. The monoisotopic (exact) mass is 234 g/mol. The summed E-state index contributed by atoms with van der Waals surface area (Å²) in [7, 11) is 0. The van der Waals surface area contributed by atoms with Crippen LogP contribution in [-0.4, -0.2) is 18.5 Å². The molecule has 0 radical (unpaired) electrons. The third-order valence-corrected chi connectivity index (χ3v) is 2.89. The minimum absolute atomic E-state index is 0.146. The first kappa shape index (κ1) is 12.0. The van der Waals surface area contributed by atoms with Crippen molar-refractivity contribution in [2.75, 3.05) is 6.61 Å². The Kier molecular flexibility index (Phi) is 4.02. The van der Waals surface area contributed by atoms with Crippen LogP contribution in [-0.2, 0) is 4.79 Å². The minimum Gasteiger partial charge on any atom is -0.485 e. The van der Waals surface area contributed by atoms with Gasteiger partial charge in [0.1, 0.15) is 6.61 Å². The van der Waals surface area contributed by atoms with E-state index in [1.165, 1.54) is 0 Å². The van der Waals surface area contributed by atoms with Crippen molar-refractivity contribution in [1.29, 1.82) is 0 Å². The fourth-order valence-electron chi connectivity index (χ4n) is 1.89. The molecule has 1 aliphatic heterocycles. The molecule has 0 bridgehead atoms. The number of hydrogen-bond acceptors (Lipinski definition) is 3. The molecule has 1 aromatic rings. The molecule has 1 unspecified atom stereocenters. The van der Waals surface area contributed by atoms with Gasteiger partial charge in [0.2, 0.25) is 0 Å². The number of carbonyl (C=O) groups is 1. The largest absolute Gasteiger partial charge is 0.485 e. The van der Waals surface area contributed by atoms with Crippen LogP contribution in [0.1, 0.15) is 32.6 Å². The van der Waals surface area contributed by atoms with Gasteiger partial charge in [0.25, 0.3) is 0 Å². The van der Waals surface area contributed by atoms with Crippen LogP contribution in [0, 0.1) is 0 Å². The molecule has 17 heavy (non-hydrogen) atoms. The van der Waals surface area contributed by atoms with E-state index in [2.05, 4.69) is 6.92 Å². The minimum atomic E-state index is -0.429. The van der Waals surface area contributed by atoms with Crippen LogP contribution in [0.2, 0.25) is 0 Å². The van der Waals surface area contributed by atoms with Crippen molar-refractivity contribution in [3.8, 4) is 11.5 Å². The summed E-state index contributed by atoms with van der Waals surface area (Å²) in [6.45, 7) is 2.46. The molecule has 1 aromatic carbocycles. The van der Waals surface area contributed by atoms with Gasteiger partial charge >= 0.3 is 0 Å². The summed E-state index contributed by atoms with van der Waals surface area (Å²) in [6.07, 6.45) is 3.32. The molecule has 0 fully saturated rings. The summed E-state index contributed by atoms with van der Waals surface area (Å²) in [5, 5.41) is 0. The number of rotatable bonds is 5. The number of ether oxygens (including phenoxy) is 2. The van der Waals surface area contributed by atoms with Crippen molar-refractivity contribution in [2.24, 2.45) is 0 Å². The summed E-state index contributed by atoms with van der Waals surface area (Å²) >= 11 is 0. The Morgan fingerprint density at radius 3 is 2.82 bits per heavy atom. The van der Waals surface area contributed by atoms with Crippen LogP contribution in [0.15, 0.2) is 24.3 Å². The van der Waals surface area contributed by atoms with E-state index in [4.69, 9.17) is 9.47 Å². The third-order valence-electron chi connectivity index (χ3n) is 2.89. The normalized spacial score (nSPS) is 17.8. The first-order valence-electron chi connectivity index (χ1n) is 6.22. The van der Waals surface area contributed by atoms with Gasteiger partial charge < -0.3 is 9.47 Å². The van der Waals surface area contributed by atoms with Crippen molar-refractivity contribution in [1.82, 2.24) is 0 Å². The Balaban J connectivity index is 1.91. The first-order valence-corrected chi connectivity index (χ1v) is 6.22. The molecule has 0 amide bonds. The molecule has 1 aliphatic rings. The second kappa shape index (κ2) is 5.71. The average Bonchev–Trinajstić information content (AvgIpc) is 2.38. The molecule has 0 aliphatic carbocycles. The molecule has 0 aromatic heterocycles. The van der Waals surface area contributed by atoms with Gasteiger partial charge in [0, 0.05) is 6.42 Å². The van der Waals surface area contributed by atoms with E-state index in [1.807, 2.05) is 24.3 Å². The highest BCUT2D eigenvalue weighted by Crippen LogP contribution is 2.31. The summed E-state index contributed by atoms with van der Waals surface area (Å²) in [5.41, 5.74) is 0. The highest BCUT2D eigenvalue weighted by molar-refractivity contribution is 5.83. The number of fused-ring (bicyclic) bond motifs is 1. The van der Waals surface area contributed by atoms with Crippen molar-refractivity contribution in [3.63, 3.8) is 0 Å². The summed E-state index contributed by atoms with van der Waals surface area (Å²) in [4.78, 5) is 11.9. The number of carbonyl (C=O) groups excluding carboxylic acids is 1. The van der Waals surface area contributed by atoms with E-state index in [9.17, 15) is 4.79 Å². The number of Topliss-reactive ketones (excluding diaryl/α,β-unsaturated/α-hetero) is 1. The molecule has 2 rings (SSSR count). The van der Waals surface area contributed by atoms with Gasteiger partial charge in [-0.15, -0.1) is 0 Å². The zero-order chi connectivity index (χ0) is 12.1.